The molecule has 5 heteroatoms. The number of hydroxylamine groups is 1. The number of ether oxygens (including phenoxy) is 1. The summed E-state index contributed by atoms with van der Waals surface area (Å²) in [5.74, 6) is -1.20. The second-order valence-electron chi connectivity index (χ2n) is 6.62. The van der Waals surface area contributed by atoms with Gasteiger partial charge in [0.25, 0.3) is 5.91 Å². The van der Waals surface area contributed by atoms with E-state index in [0.717, 1.165) is 12.8 Å². The number of Topliss-reactive ketones (excluding diaryl/α,β-unsaturated/α-hetero) is 1. The van der Waals surface area contributed by atoms with Gasteiger partial charge in [-0.2, -0.15) is 0 Å². The van der Waals surface area contributed by atoms with Gasteiger partial charge in [-0.05, 0) is 19.8 Å². The van der Waals surface area contributed by atoms with Crippen molar-refractivity contribution in [2.24, 2.45) is 0 Å². The van der Waals surface area contributed by atoms with E-state index in [2.05, 4.69) is 6.92 Å². The fraction of sp³-hybridized carbons (Fsp3) is 0.619. The number of amides is 1. The van der Waals surface area contributed by atoms with Crippen LogP contribution in [0.15, 0.2) is 30.3 Å². The minimum absolute atomic E-state index is 0.211. The number of carbonyl (C=O) groups excluding carboxylic acids is 2. The van der Waals surface area contributed by atoms with E-state index in [0.29, 0.717) is 12.0 Å². The van der Waals surface area contributed by atoms with Gasteiger partial charge in [-0.3, -0.25) is 14.8 Å². The van der Waals surface area contributed by atoms with Crippen LogP contribution in [0.4, 0.5) is 0 Å². The first-order valence-electron chi connectivity index (χ1n) is 9.80. The van der Waals surface area contributed by atoms with Crippen molar-refractivity contribution in [3.63, 3.8) is 0 Å². The van der Waals surface area contributed by atoms with Crippen molar-refractivity contribution >= 4 is 11.7 Å². The molecule has 0 heterocycles. The third-order valence-corrected chi connectivity index (χ3v) is 4.64. The minimum atomic E-state index is -1.67. The molecule has 0 saturated carbocycles. The normalized spacial score (nSPS) is 13.2. The molecule has 1 aromatic carbocycles. The topological polar surface area (TPSA) is 75.6 Å². The fourth-order valence-corrected chi connectivity index (χ4v) is 3.20. The highest BCUT2D eigenvalue weighted by atomic mass is 16.5. The van der Waals surface area contributed by atoms with Crippen LogP contribution < -0.4 is 5.48 Å². The van der Waals surface area contributed by atoms with Gasteiger partial charge in [0.1, 0.15) is 0 Å². The lowest BCUT2D eigenvalue weighted by molar-refractivity contribution is -0.150. The maximum atomic E-state index is 13.0. The van der Waals surface area contributed by atoms with Crippen LogP contribution in [0.3, 0.4) is 0 Å². The predicted octanol–water partition coefficient (Wildman–Crippen LogP) is 4.68. The zero-order valence-electron chi connectivity index (χ0n) is 16.1. The van der Waals surface area contributed by atoms with Gasteiger partial charge in [-0.25, -0.2) is 5.48 Å². The Morgan fingerprint density at radius 3 is 2.08 bits per heavy atom. The second-order valence-corrected chi connectivity index (χ2v) is 6.62. The van der Waals surface area contributed by atoms with Crippen molar-refractivity contribution in [3.05, 3.63) is 35.9 Å². The molecule has 0 aliphatic heterocycles. The van der Waals surface area contributed by atoms with Gasteiger partial charge in [0.15, 0.2) is 0 Å². The van der Waals surface area contributed by atoms with Gasteiger partial charge in [-0.1, -0.05) is 82.2 Å². The van der Waals surface area contributed by atoms with E-state index >= 15 is 0 Å². The summed E-state index contributed by atoms with van der Waals surface area (Å²) >= 11 is 0. The van der Waals surface area contributed by atoms with E-state index in [-0.39, 0.29) is 13.0 Å². The van der Waals surface area contributed by atoms with Crippen molar-refractivity contribution in [2.75, 3.05) is 6.61 Å². The highest BCUT2D eigenvalue weighted by Crippen LogP contribution is 2.26. The molecule has 0 radical (unpaired) electrons. The van der Waals surface area contributed by atoms with Crippen molar-refractivity contribution in [2.45, 2.75) is 77.2 Å². The van der Waals surface area contributed by atoms with E-state index in [9.17, 15) is 14.8 Å². The maximum absolute atomic E-state index is 13.0. The molecule has 1 atom stereocenters. The van der Waals surface area contributed by atoms with Gasteiger partial charge >= 0.3 is 0 Å². The maximum Gasteiger partial charge on any atom is 0.283 e. The smallest absolute Gasteiger partial charge is 0.283 e. The van der Waals surface area contributed by atoms with Crippen molar-refractivity contribution in [1.29, 1.82) is 0 Å². The molecule has 0 saturated heterocycles. The number of nitrogens with one attached hydrogen (secondary N) is 1. The van der Waals surface area contributed by atoms with Crippen LogP contribution in [0.2, 0.25) is 0 Å². The standard InChI is InChI=1S/C21H33NO4/c1-3-5-6-7-8-9-10-14-17-21(26-4-2,20(24)22-25)19(23)18-15-12-11-13-16-18/h11-13,15-16,25H,3-10,14,17H2,1-2H3,(H,22,24). The molecule has 0 aromatic heterocycles. The van der Waals surface area contributed by atoms with E-state index in [4.69, 9.17) is 4.74 Å². The second kappa shape index (κ2) is 12.6. The number of unbranched alkanes of at least 4 members (excludes halogenated alkanes) is 7. The Morgan fingerprint density at radius 2 is 1.54 bits per heavy atom. The molecule has 146 valence electrons. The van der Waals surface area contributed by atoms with Crippen molar-refractivity contribution in [3.8, 4) is 0 Å². The Bertz CT molecular complexity index is 532. The Kier molecular flexibility index (Phi) is 10.8. The molecule has 0 fully saturated rings. The highest BCUT2D eigenvalue weighted by Gasteiger charge is 2.46. The zero-order valence-corrected chi connectivity index (χ0v) is 16.1. The Balaban J connectivity index is 2.72. The fourth-order valence-electron chi connectivity index (χ4n) is 3.20. The van der Waals surface area contributed by atoms with Crippen molar-refractivity contribution in [1.82, 2.24) is 5.48 Å². The molecule has 5 nitrogen and oxygen atoms in total. The van der Waals surface area contributed by atoms with Gasteiger partial charge in [-0.15, -0.1) is 0 Å². The molecule has 1 amide bonds. The molecule has 26 heavy (non-hydrogen) atoms. The molecule has 0 aliphatic rings. The van der Waals surface area contributed by atoms with Crippen molar-refractivity contribution < 1.29 is 19.5 Å². The van der Waals surface area contributed by atoms with Crippen LogP contribution in [0.25, 0.3) is 0 Å². The summed E-state index contributed by atoms with van der Waals surface area (Å²) < 4.78 is 5.64. The lowest BCUT2D eigenvalue weighted by Crippen LogP contribution is -2.54. The SMILES string of the molecule is CCCCCCCCCCC(OCC)(C(=O)NO)C(=O)c1ccccc1. The first kappa shape index (κ1) is 22.3. The number of benzene rings is 1. The highest BCUT2D eigenvalue weighted by molar-refractivity contribution is 6.16. The molecule has 1 rings (SSSR count). The number of hydrogen-bond donors (Lipinski definition) is 2. The van der Waals surface area contributed by atoms with Crippen LogP contribution >= 0.6 is 0 Å². The lowest BCUT2D eigenvalue weighted by atomic mass is 9.86. The number of carbonyl (C=O) groups is 2. The first-order chi connectivity index (χ1) is 12.6. The van der Waals surface area contributed by atoms with Crippen LogP contribution in [0.5, 0.6) is 0 Å². The molecule has 0 bridgehead atoms. The summed E-state index contributed by atoms with van der Waals surface area (Å²) in [4.78, 5) is 25.4. The lowest BCUT2D eigenvalue weighted by Gasteiger charge is -2.30. The summed E-state index contributed by atoms with van der Waals surface area (Å²) in [6.07, 6.45) is 9.12. The average molecular weight is 363 g/mol. The Labute approximate surface area is 157 Å². The number of hydrogen-bond acceptors (Lipinski definition) is 4. The number of ketones is 1. The molecule has 1 unspecified atom stereocenters. The van der Waals surface area contributed by atoms with Gasteiger partial charge in [0, 0.05) is 12.2 Å². The predicted molar refractivity (Wildman–Crippen MR) is 102 cm³/mol. The quantitative estimate of drug-likeness (QED) is 0.165. The first-order valence-corrected chi connectivity index (χ1v) is 9.80. The molecule has 2 N–H and O–H groups in total. The third kappa shape index (κ3) is 6.54. The average Bonchev–Trinajstić information content (AvgIpc) is 2.68. The minimum Gasteiger partial charge on any atom is -0.357 e. The Morgan fingerprint density at radius 1 is 0.962 bits per heavy atom. The van der Waals surface area contributed by atoms with Crippen LogP contribution in [0, 0.1) is 0 Å². The van der Waals surface area contributed by atoms with Crippen LogP contribution in [-0.4, -0.2) is 29.1 Å². The van der Waals surface area contributed by atoms with Gasteiger partial charge < -0.3 is 4.74 Å². The van der Waals surface area contributed by atoms with Crippen LogP contribution in [-0.2, 0) is 9.53 Å². The molecule has 1 aromatic rings. The van der Waals surface area contributed by atoms with Gasteiger partial charge in [0.05, 0.1) is 0 Å². The summed E-state index contributed by atoms with van der Waals surface area (Å²) in [5, 5.41) is 9.18. The van der Waals surface area contributed by atoms with E-state index in [1.165, 1.54) is 32.1 Å². The van der Waals surface area contributed by atoms with Crippen LogP contribution in [0.1, 0.15) is 82.0 Å². The molecular weight excluding hydrogens is 330 g/mol. The van der Waals surface area contributed by atoms with Gasteiger partial charge in [0.2, 0.25) is 11.4 Å². The number of rotatable bonds is 14. The zero-order chi connectivity index (χ0) is 19.3. The molecule has 0 spiro atoms. The molecule has 0 aliphatic carbocycles. The monoisotopic (exact) mass is 363 g/mol. The summed E-state index contributed by atoms with van der Waals surface area (Å²) in [6.45, 7) is 4.15. The van der Waals surface area contributed by atoms with E-state index < -0.39 is 17.3 Å². The van der Waals surface area contributed by atoms with E-state index in [1.807, 2.05) is 6.07 Å². The summed E-state index contributed by atoms with van der Waals surface area (Å²) in [7, 11) is 0. The molecular formula is C21H33NO4. The summed E-state index contributed by atoms with van der Waals surface area (Å²) in [6, 6.07) is 8.63. The summed E-state index contributed by atoms with van der Waals surface area (Å²) in [5.41, 5.74) is 0.365. The third-order valence-electron chi connectivity index (χ3n) is 4.64. The van der Waals surface area contributed by atoms with E-state index in [1.54, 1.807) is 36.7 Å². The largest absolute Gasteiger partial charge is 0.357 e. The Hall–Kier alpha value is -1.72.